The smallest absolute Gasteiger partial charge is 0.303 e. The van der Waals surface area contributed by atoms with E-state index in [9.17, 15) is 9.18 Å². The summed E-state index contributed by atoms with van der Waals surface area (Å²) in [5, 5.41) is 9.42. The minimum atomic E-state index is -0.839. The Hall–Kier alpha value is -1.84. The summed E-state index contributed by atoms with van der Waals surface area (Å²) in [6.45, 7) is 0. The first-order valence-corrected chi connectivity index (χ1v) is 5.04. The Morgan fingerprint density at radius 1 is 1.50 bits per heavy atom. The molecule has 0 aliphatic heterocycles. The minimum absolute atomic E-state index is 0.0651. The molecule has 1 aromatic carbocycles. The lowest BCUT2D eigenvalue weighted by atomic mass is 10.1. The highest BCUT2D eigenvalue weighted by atomic mass is 19.1. The lowest BCUT2D eigenvalue weighted by Gasteiger charge is -1.97. The third kappa shape index (κ3) is 1.78. The Bertz CT molecular complexity index is 545. The number of aromatic nitrogens is 1. The molecular weight excluding hydrogens is 209 g/mol. The first-order chi connectivity index (χ1) is 7.59. The summed E-state index contributed by atoms with van der Waals surface area (Å²) < 4.78 is 15.2. The quantitative estimate of drug-likeness (QED) is 0.864. The summed E-state index contributed by atoms with van der Waals surface area (Å²) in [4.78, 5) is 10.5. The van der Waals surface area contributed by atoms with Crippen LogP contribution in [-0.4, -0.2) is 15.6 Å². The fourth-order valence-electron chi connectivity index (χ4n) is 1.94. The van der Waals surface area contributed by atoms with Crippen LogP contribution in [-0.2, 0) is 18.3 Å². The number of carboxylic acid groups (broad SMARTS) is 1. The normalized spacial score (nSPS) is 10.9. The molecule has 1 N–H and O–H groups in total. The number of halogens is 1. The van der Waals surface area contributed by atoms with E-state index in [0.29, 0.717) is 11.9 Å². The molecule has 0 radical (unpaired) electrons. The zero-order chi connectivity index (χ0) is 11.7. The SMILES string of the molecule is Cn1cc(CCC(=O)O)c2cccc(F)c21. The molecule has 0 fully saturated rings. The molecule has 0 spiro atoms. The Morgan fingerprint density at radius 3 is 2.94 bits per heavy atom. The molecule has 2 aromatic rings. The molecule has 0 amide bonds. The van der Waals surface area contributed by atoms with Gasteiger partial charge in [0.25, 0.3) is 0 Å². The Morgan fingerprint density at radius 2 is 2.25 bits per heavy atom. The number of carbonyl (C=O) groups is 1. The van der Waals surface area contributed by atoms with Crippen molar-refractivity contribution in [2.75, 3.05) is 0 Å². The van der Waals surface area contributed by atoms with Crippen LogP contribution >= 0.6 is 0 Å². The molecule has 1 heterocycles. The van der Waals surface area contributed by atoms with Crippen molar-refractivity contribution >= 4 is 16.9 Å². The van der Waals surface area contributed by atoms with Gasteiger partial charge in [0.15, 0.2) is 0 Å². The van der Waals surface area contributed by atoms with E-state index in [2.05, 4.69) is 0 Å². The Kier molecular flexibility index (Phi) is 2.64. The van der Waals surface area contributed by atoms with Crippen LogP contribution in [0.1, 0.15) is 12.0 Å². The predicted molar refractivity (Wildman–Crippen MR) is 58.8 cm³/mol. The molecule has 0 unspecified atom stereocenters. The first-order valence-electron chi connectivity index (χ1n) is 5.04. The van der Waals surface area contributed by atoms with Crippen molar-refractivity contribution in [2.24, 2.45) is 7.05 Å². The number of benzene rings is 1. The molecule has 0 aliphatic carbocycles. The molecule has 4 heteroatoms. The number of nitrogens with zero attached hydrogens (tertiary/aromatic N) is 1. The van der Waals surface area contributed by atoms with E-state index in [0.717, 1.165) is 10.9 Å². The molecule has 0 bridgehead atoms. The lowest BCUT2D eigenvalue weighted by molar-refractivity contribution is -0.136. The maximum atomic E-state index is 13.5. The maximum Gasteiger partial charge on any atom is 0.303 e. The van der Waals surface area contributed by atoms with Crippen LogP contribution in [0.15, 0.2) is 24.4 Å². The topological polar surface area (TPSA) is 42.2 Å². The van der Waals surface area contributed by atoms with Gasteiger partial charge in [0, 0.05) is 25.1 Å². The summed E-state index contributed by atoms with van der Waals surface area (Å²) in [7, 11) is 1.76. The fraction of sp³-hybridized carbons (Fsp3) is 0.250. The van der Waals surface area contributed by atoms with Crippen LogP contribution in [0, 0.1) is 5.82 Å². The van der Waals surface area contributed by atoms with Gasteiger partial charge in [0.2, 0.25) is 0 Å². The summed E-state index contributed by atoms with van der Waals surface area (Å²) >= 11 is 0. The van der Waals surface area contributed by atoms with Crippen LogP contribution < -0.4 is 0 Å². The summed E-state index contributed by atoms with van der Waals surface area (Å²) in [5.41, 5.74) is 1.40. The van der Waals surface area contributed by atoms with Gasteiger partial charge >= 0.3 is 5.97 Å². The van der Waals surface area contributed by atoms with Gasteiger partial charge in [-0.05, 0) is 18.1 Å². The van der Waals surface area contributed by atoms with E-state index in [4.69, 9.17) is 5.11 Å². The van der Waals surface area contributed by atoms with E-state index in [1.807, 2.05) is 6.07 Å². The number of aryl methyl sites for hydroxylation is 2. The second kappa shape index (κ2) is 3.96. The largest absolute Gasteiger partial charge is 0.481 e. The van der Waals surface area contributed by atoms with E-state index < -0.39 is 5.97 Å². The van der Waals surface area contributed by atoms with Crippen LogP contribution in [0.4, 0.5) is 4.39 Å². The number of aliphatic carboxylic acids is 1. The van der Waals surface area contributed by atoms with Gasteiger partial charge in [-0.25, -0.2) is 4.39 Å². The molecule has 0 atom stereocenters. The van der Waals surface area contributed by atoms with Crippen LogP contribution in [0.5, 0.6) is 0 Å². The maximum absolute atomic E-state index is 13.5. The number of fused-ring (bicyclic) bond motifs is 1. The highest BCUT2D eigenvalue weighted by molar-refractivity contribution is 5.84. The minimum Gasteiger partial charge on any atom is -0.481 e. The summed E-state index contributed by atoms with van der Waals surface area (Å²) in [5.74, 6) is -1.12. The first kappa shape index (κ1) is 10.7. The average Bonchev–Trinajstić information content (AvgIpc) is 2.54. The monoisotopic (exact) mass is 221 g/mol. The molecule has 3 nitrogen and oxygen atoms in total. The van der Waals surface area contributed by atoms with Gasteiger partial charge in [0.1, 0.15) is 5.82 Å². The zero-order valence-electron chi connectivity index (χ0n) is 8.90. The van der Waals surface area contributed by atoms with Crippen molar-refractivity contribution in [3.05, 3.63) is 35.8 Å². The summed E-state index contributed by atoms with van der Waals surface area (Å²) in [6.07, 6.45) is 2.28. The third-order valence-corrected chi connectivity index (χ3v) is 2.64. The Labute approximate surface area is 92.1 Å². The number of carboxylic acids is 1. The molecule has 84 valence electrons. The average molecular weight is 221 g/mol. The number of para-hydroxylation sites is 1. The Balaban J connectivity index is 2.47. The van der Waals surface area contributed by atoms with Gasteiger partial charge in [-0.15, -0.1) is 0 Å². The molecule has 16 heavy (non-hydrogen) atoms. The molecule has 1 aromatic heterocycles. The van der Waals surface area contributed by atoms with Gasteiger partial charge in [-0.3, -0.25) is 4.79 Å². The van der Waals surface area contributed by atoms with Crippen molar-refractivity contribution in [1.82, 2.24) is 4.57 Å². The van der Waals surface area contributed by atoms with Gasteiger partial charge in [-0.2, -0.15) is 0 Å². The van der Waals surface area contributed by atoms with Crippen LogP contribution in [0.3, 0.4) is 0 Å². The number of hydrogen-bond acceptors (Lipinski definition) is 1. The van der Waals surface area contributed by atoms with E-state index in [1.165, 1.54) is 6.07 Å². The highest BCUT2D eigenvalue weighted by Gasteiger charge is 2.10. The molecule has 0 saturated carbocycles. The van der Waals surface area contributed by atoms with Crippen molar-refractivity contribution in [1.29, 1.82) is 0 Å². The lowest BCUT2D eigenvalue weighted by Crippen LogP contribution is -1.96. The van der Waals surface area contributed by atoms with Gasteiger partial charge in [0.05, 0.1) is 5.52 Å². The van der Waals surface area contributed by atoms with Gasteiger partial charge < -0.3 is 9.67 Å². The van der Waals surface area contributed by atoms with Crippen molar-refractivity contribution < 1.29 is 14.3 Å². The third-order valence-electron chi connectivity index (χ3n) is 2.64. The van der Waals surface area contributed by atoms with Gasteiger partial charge in [-0.1, -0.05) is 12.1 Å². The fourth-order valence-corrected chi connectivity index (χ4v) is 1.94. The predicted octanol–water partition coefficient (Wildman–Crippen LogP) is 2.33. The highest BCUT2D eigenvalue weighted by Crippen LogP contribution is 2.23. The zero-order valence-corrected chi connectivity index (χ0v) is 8.90. The van der Waals surface area contributed by atoms with Crippen LogP contribution in [0.2, 0.25) is 0 Å². The van der Waals surface area contributed by atoms with E-state index in [1.54, 1.807) is 23.9 Å². The molecule has 2 rings (SSSR count). The standard InChI is InChI=1S/C12H12FNO2/c1-14-7-8(5-6-11(15)16)9-3-2-4-10(13)12(9)14/h2-4,7H,5-6H2,1H3,(H,15,16). The van der Waals surface area contributed by atoms with Crippen molar-refractivity contribution in [2.45, 2.75) is 12.8 Å². The molecule has 0 saturated heterocycles. The second-order valence-electron chi connectivity index (χ2n) is 3.79. The number of rotatable bonds is 3. The van der Waals surface area contributed by atoms with Crippen molar-refractivity contribution in [3.63, 3.8) is 0 Å². The van der Waals surface area contributed by atoms with E-state index >= 15 is 0 Å². The second-order valence-corrected chi connectivity index (χ2v) is 3.79. The molecular formula is C12H12FNO2. The van der Waals surface area contributed by atoms with E-state index in [-0.39, 0.29) is 12.2 Å². The van der Waals surface area contributed by atoms with Crippen molar-refractivity contribution in [3.8, 4) is 0 Å². The van der Waals surface area contributed by atoms with Crippen LogP contribution in [0.25, 0.3) is 10.9 Å². The number of hydrogen-bond donors (Lipinski definition) is 1. The summed E-state index contributed by atoms with van der Waals surface area (Å²) in [6, 6.07) is 4.86. The molecule has 0 aliphatic rings.